The highest BCUT2D eigenvalue weighted by Crippen LogP contribution is 2.21. The van der Waals surface area contributed by atoms with Gasteiger partial charge in [-0.1, -0.05) is 13.8 Å². The third kappa shape index (κ3) is 2.62. The predicted molar refractivity (Wildman–Crippen MR) is 58.8 cm³/mol. The molecule has 0 bridgehead atoms. The number of hydrogen-bond acceptors (Lipinski definition) is 3. The van der Waals surface area contributed by atoms with Crippen LogP contribution in [0.4, 0.5) is 5.69 Å². The number of anilines is 1. The van der Waals surface area contributed by atoms with Gasteiger partial charge in [0.05, 0.1) is 12.8 Å². The van der Waals surface area contributed by atoms with Crippen molar-refractivity contribution in [1.82, 2.24) is 4.98 Å². The number of nitrogens with zero attached hydrogens (tertiary/aromatic N) is 1. The first-order valence-corrected chi connectivity index (χ1v) is 5.07. The first-order chi connectivity index (χ1) is 6.81. The van der Waals surface area contributed by atoms with Crippen molar-refractivity contribution in [3.8, 4) is 5.88 Å². The predicted octanol–water partition coefficient (Wildman–Crippen LogP) is 2.69. The molecule has 0 aliphatic rings. The molecule has 0 amide bonds. The van der Waals surface area contributed by atoms with Crippen LogP contribution in [0.15, 0.2) is 18.3 Å². The first kappa shape index (κ1) is 10.8. The van der Waals surface area contributed by atoms with Gasteiger partial charge in [-0.15, -0.1) is 0 Å². The van der Waals surface area contributed by atoms with E-state index in [1.807, 2.05) is 12.1 Å². The van der Waals surface area contributed by atoms with Crippen molar-refractivity contribution in [2.75, 3.05) is 12.4 Å². The van der Waals surface area contributed by atoms with Crippen LogP contribution in [0.1, 0.15) is 26.7 Å². The van der Waals surface area contributed by atoms with Gasteiger partial charge in [0.15, 0.2) is 0 Å². The summed E-state index contributed by atoms with van der Waals surface area (Å²) in [4.78, 5) is 4.13. The van der Waals surface area contributed by atoms with E-state index in [1.165, 1.54) is 0 Å². The highest BCUT2D eigenvalue weighted by Gasteiger charge is 2.07. The van der Waals surface area contributed by atoms with Crippen molar-refractivity contribution in [1.29, 1.82) is 0 Å². The molecule has 0 aliphatic heterocycles. The molecule has 3 nitrogen and oxygen atoms in total. The lowest BCUT2D eigenvalue weighted by atomic mass is 10.1. The first-order valence-electron chi connectivity index (χ1n) is 5.07. The van der Waals surface area contributed by atoms with Gasteiger partial charge in [0.25, 0.3) is 0 Å². The summed E-state index contributed by atoms with van der Waals surface area (Å²) in [5, 5.41) is 3.41. The molecule has 0 unspecified atom stereocenters. The van der Waals surface area contributed by atoms with Crippen LogP contribution in [0.5, 0.6) is 5.88 Å². The quantitative estimate of drug-likeness (QED) is 0.782. The minimum Gasteiger partial charge on any atom is -0.480 e. The molecule has 0 spiro atoms. The summed E-state index contributed by atoms with van der Waals surface area (Å²) >= 11 is 0. The van der Waals surface area contributed by atoms with Crippen LogP contribution in [-0.2, 0) is 0 Å². The number of aromatic nitrogens is 1. The van der Waals surface area contributed by atoms with Gasteiger partial charge < -0.3 is 10.1 Å². The van der Waals surface area contributed by atoms with Crippen LogP contribution in [0, 0.1) is 0 Å². The molecule has 3 heteroatoms. The smallest absolute Gasteiger partial charge is 0.237 e. The van der Waals surface area contributed by atoms with Crippen molar-refractivity contribution in [3.05, 3.63) is 18.3 Å². The normalized spacial score (nSPS) is 10.3. The number of rotatable bonds is 5. The number of pyridine rings is 1. The van der Waals surface area contributed by atoms with Gasteiger partial charge in [-0.05, 0) is 25.0 Å². The largest absolute Gasteiger partial charge is 0.480 e. The lowest BCUT2D eigenvalue weighted by molar-refractivity contribution is 0.399. The number of hydrogen-bond donors (Lipinski definition) is 1. The summed E-state index contributed by atoms with van der Waals surface area (Å²) in [6.07, 6.45) is 3.94. The van der Waals surface area contributed by atoms with Gasteiger partial charge in [-0.2, -0.15) is 0 Å². The molecule has 1 aromatic heterocycles. The van der Waals surface area contributed by atoms with E-state index in [0.717, 1.165) is 18.5 Å². The lowest BCUT2D eigenvalue weighted by Gasteiger charge is -2.17. The van der Waals surface area contributed by atoms with Crippen molar-refractivity contribution in [2.24, 2.45) is 0 Å². The van der Waals surface area contributed by atoms with Crippen LogP contribution >= 0.6 is 0 Å². The molecular weight excluding hydrogens is 176 g/mol. The van der Waals surface area contributed by atoms with Gasteiger partial charge in [-0.25, -0.2) is 4.98 Å². The summed E-state index contributed by atoms with van der Waals surface area (Å²) in [6, 6.07) is 4.39. The van der Waals surface area contributed by atoms with E-state index in [-0.39, 0.29) is 0 Å². The average Bonchev–Trinajstić information content (AvgIpc) is 2.26. The molecule has 0 aromatic carbocycles. The zero-order valence-electron chi connectivity index (χ0n) is 9.08. The lowest BCUT2D eigenvalue weighted by Crippen LogP contribution is -2.17. The molecule has 1 N–H and O–H groups in total. The van der Waals surface area contributed by atoms with Crippen LogP contribution in [0.2, 0.25) is 0 Å². The summed E-state index contributed by atoms with van der Waals surface area (Å²) in [5.74, 6) is 0.666. The van der Waals surface area contributed by atoms with Gasteiger partial charge in [0, 0.05) is 12.2 Å². The molecule has 0 atom stereocenters. The molecule has 0 fully saturated rings. The molecule has 0 saturated carbocycles. The topological polar surface area (TPSA) is 34.2 Å². The minimum absolute atomic E-state index is 0.494. The highest BCUT2D eigenvalue weighted by atomic mass is 16.5. The van der Waals surface area contributed by atoms with E-state index in [1.54, 1.807) is 13.3 Å². The fraction of sp³-hybridized carbons (Fsp3) is 0.545. The van der Waals surface area contributed by atoms with Crippen LogP contribution in [-0.4, -0.2) is 18.1 Å². The van der Waals surface area contributed by atoms with Gasteiger partial charge in [0.2, 0.25) is 5.88 Å². The van der Waals surface area contributed by atoms with E-state index in [2.05, 4.69) is 24.1 Å². The Morgan fingerprint density at radius 1 is 1.43 bits per heavy atom. The van der Waals surface area contributed by atoms with Crippen molar-refractivity contribution < 1.29 is 4.74 Å². The van der Waals surface area contributed by atoms with Gasteiger partial charge >= 0.3 is 0 Å². The fourth-order valence-corrected chi connectivity index (χ4v) is 1.38. The van der Waals surface area contributed by atoms with Crippen LogP contribution < -0.4 is 10.1 Å². The Balaban J connectivity index is 2.74. The SMILES string of the molecule is CCC(CC)Nc1cccnc1OC. The molecule has 1 heterocycles. The Hall–Kier alpha value is -1.25. The average molecular weight is 194 g/mol. The van der Waals surface area contributed by atoms with Crippen LogP contribution in [0.3, 0.4) is 0 Å². The maximum absolute atomic E-state index is 5.16. The van der Waals surface area contributed by atoms with E-state index >= 15 is 0 Å². The molecule has 14 heavy (non-hydrogen) atoms. The van der Waals surface area contributed by atoms with Crippen molar-refractivity contribution >= 4 is 5.69 Å². The van der Waals surface area contributed by atoms with Gasteiger partial charge in [-0.3, -0.25) is 0 Å². The van der Waals surface area contributed by atoms with E-state index in [9.17, 15) is 0 Å². The van der Waals surface area contributed by atoms with Crippen LogP contribution in [0.25, 0.3) is 0 Å². The molecular formula is C11H18N2O. The van der Waals surface area contributed by atoms with Crippen molar-refractivity contribution in [3.63, 3.8) is 0 Å². The zero-order chi connectivity index (χ0) is 10.4. The standard InChI is InChI=1S/C11H18N2O/c1-4-9(5-2)13-10-7-6-8-12-11(10)14-3/h6-9,13H,4-5H2,1-3H3. The van der Waals surface area contributed by atoms with Crippen molar-refractivity contribution in [2.45, 2.75) is 32.7 Å². The number of nitrogens with one attached hydrogen (secondary N) is 1. The van der Waals surface area contributed by atoms with E-state index < -0.39 is 0 Å². The Kier molecular flexibility index (Phi) is 4.23. The minimum atomic E-state index is 0.494. The number of methoxy groups -OCH3 is 1. The maximum atomic E-state index is 5.16. The highest BCUT2D eigenvalue weighted by molar-refractivity contribution is 5.52. The Morgan fingerprint density at radius 3 is 2.71 bits per heavy atom. The molecule has 1 rings (SSSR count). The third-order valence-corrected chi connectivity index (χ3v) is 2.31. The summed E-state index contributed by atoms with van der Waals surface area (Å²) in [5.41, 5.74) is 0.976. The third-order valence-electron chi connectivity index (χ3n) is 2.31. The Labute approximate surface area is 85.5 Å². The second-order valence-corrected chi connectivity index (χ2v) is 3.22. The summed E-state index contributed by atoms with van der Waals surface area (Å²) < 4.78 is 5.16. The van der Waals surface area contributed by atoms with E-state index in [4.69, 9.17) is 4.74 Å². The summed E-state index contributed by atoms with van der Waals surface area (Å²) in [6.45, 7) is 4.34. The zero-order valence-corrected chi connectivity index (χ0v) is 9.08. The molecule has 1 aromatic rings. The second-order valence-electron chi connectivity index (χ2n) is 3.22. The molecule has 0 aliphatic carbocycles. The number of ether oxygens (including phenoxy) is 1. The maximum Gasteiger partial charge on any atom is 0.237 e. The molecule has 78 valence electrons. The molecule has 0 radical (unpaired) electrons. The molecule has 0 saturated heterocycles. The second kappa shape index (κ2) is 5.47. The monoisotopic (exact) mass is 194 g/mol. The Morgan fingerprint density at radius 2 is 2.14 bits per heavy atom. The Bertz CT molecular complexity index is 272. The fourth-order valence-electron chi connectivity index (χ4n) is 1.38. The van der Waals surface area contributed by atoms with Gasteiger partial charge in [0.1, 0.15) is 0 Å². The van der Waals surface area contributed by atoms with E-state index in [0.29, 0.717) is 11.9 Å². The summed E-state index contributed by atoms with van der Waals surface area (Å²) in [7, 11) is 1.64.